The van der Waals surface area contributed by atoms with Crippen molar-refractivity contribution in [3.8, 4) is 0 Å². The number of halogens is 1. The predicted octanol–water partition coefficient (Wildman–Crippen LogP) is 3.27. The summed E-state index contributed by atoms with van der Waals surface area (Å²) in [5.74, 6) is -0.242. The topological polar surface area (TPSA) is 43.8 Å². The summed E-state index contributed by atoms with van der Waals surface area (Å²) >= 11 is 0. The fourth-order valence-corrected chi connectivity index (χ4v) is 2.50. The van der Waals surface area contributed by atoms with Gasteiger partial charge in [-0.2, -0.15) is 5.10 Å². The van der Waals surface area contributed by atoms with Gasteiger partial charge in [-0.05, 0) is 50.5 Å². The van der Waals surface area contributed by atoms with Crippen molar-refractivity contribution in [2.24, 2.45) is 5.73 Å². The van der Waals surface area contributed by atoms with E-state index in [-0.39, 0.29) is 17.9 Å². The maximum atomic E-state index is 13.5. The molecule has 2 atom stereocenters. The molecule has 2 N–H and O–H groups in total. The Labute approximate surface area is 119 Å². The van der Waals surface area contributed by atoms with Crippen molar-refractivity contribution in [3.05, 3.63) is 52.6 Å². The molecule has 1 aromatic heterocycles. The lowest BCUT2D eigenvalue weighted by atomic mass is 9.97. The maximum absolute atomic E-state index is 13.5. The van der Waals surface area contributed by atoms with Crippen LogP contribution in [0.2, 0.25) is 0 Å². The maximum Gasteiger partial charge on any atom is 0.123 e. The molecule has 0 aliphatic carbocycles. The smallest absolute Gasteiger partial charge is 0.123 e. The number of rotatable bonds is 4. The van der Waals surface area contributed by atoms with E-state index in [9.17, 15) is 4.39 Å². The van der Waals surface area contributed by atoms with Crippen LogP contribution in [-0.2, 0) is 0 Å². The van der Waals surface area contributed by atoms with E-state index in [1.54, 1.807) is 12.1 Å². The average molecular weight is 275 g/mol. The number of nitrogens with two attached hydrogens (primary N) is 1. The molecule has 0 radical (unpaired) electrons. The van der Waals surface area contributed by atoms with Crippen LogP contribution in [0.4, 0.5) is 4.39 Å². The highest BCUT2D eigenvalue weighted by Gasteiger charge is 2.24. The van der Waals surface area contributed by atoms with Gasteiger partial charge >= 0.3 is 0 Å². The fraction of sp³-hybridized carbons (Fsp3) is 0.438. The van der Waals surface area contributed by atoms with Gasteiger partial charge in [-0.1, -0.05) is 19.1 Å². The SMILES string of the molecule is CCC(N)C(c1cccc(F)c1)n1nc(C)c(C)c1C. The molecule has 0 bridgehead atoms. The Bertz CT molecular complexity index is 604. The molecule has 4 heteroatoms. The lowest BCUT2D eigenvalue weighted by Crippen LogP contribution is -2.33. The summed E-state index contributed by atoms with van der Waals surface area (Å²) in [5.41, 5.74) is 10.4. The Morgan fingerprint density at radius 1 is 1.30 bits per heavy atom. The summed E-state index contributed by atoms with van der Waals surface area (Å²) in [6.45, 7) is 8.10. The Balaban J connectivity index is 2.56. The van der Waals surface area contributed by atoms with Gasteiger partial charge in [0.25, 0.3) is 0 Å². The standard InChI is InChI=1S/C16H22FN3/c1-5-15(18)16(13-7-6-8-14(17)9-13)20-12(4)10(2)11(3)19-20/h6-9,15-16H,5,18H2,1-4H3. The Morgan fingerprint density at radius 2 is 2.00 bits per heavy atom. The van der Waals surface area contributed by atoms with Gasteiger partial charge in [0.15, 0.2) is 0 Å². The Hall–Kier alpha value is -1.68. The third-order valence-corrected chi connectivity index (χ3v) is 4.02. The Kier molecular flexibility index (Phi) is 4.23. The normalized spacial score (nSPS) is 14.3. The second-order valence-electron chi connectivity index (χ2n) is 5.31. The fourth-order valence-electron chi connectivity index (χ4n) is 2.50. The summed E-state index contributed by atoms with van der Waals surface area (Å²) in [5, 5.41) is 4.60. The molecular formula is C16H22FN3. The second kappa shape index (κ2) is 5.75. The van der Waals surface area contributed by atoms with Crippen molar-refractivity contribution in [1.29, 1.82) is 0 Å². The quantitative estimate of drug-likeness (QED) is 0.930. The molecule has 20 heavy (non-hydrogen) atoms. The van der Waals surface area contributed by atoms with Gasteiger partial charge in [0, 0.05) is 11.7 Å². The van der Waals surface area contributed by atoms with E-state index in [0.29, 0.717) is 0 Å². The van der Waals surface area contributed by atoms with E-state index in [2.05, 4.69) is 5.10 Å². The predicted molar refractivity (Wildman–Crippen MR) is 79.2 cm³/mol. The third kappa shape index (κ3) is 2.61. The first kappa shape index (κ1) is 14.7. The highest BCUT2D eigenvalue weighted by molar-refractivity contribution is 5.28. The number of aryl methyl sites for hydroxylation is 1. The number of benzene rings is 1. The zero-order chi connectivity index (χ0) is 14.9. The van der Waals surface area contributed by atoms with Crippen LogP contribution >= 0.6 is 0 Å². The van der Waals surface area contributed by atoms with Gasteiger partial charge in [0.1, 0.15) is 5.82 Å². The van der Waals surface area contributed by atoms with Gasteiger partial charge in [-0.3, -0.25) is 4.68 Å². The first-order valence-corrected chi connectivity index (χ1v) is 6.99. The van der Waals surface area contributed by atoms with E-state index in [1.165, 1.54) is 6.07 Å². The van der Waals surface area contributed by atoms with Crippen LogP contribution in [-0.4, -0.2) is 15.8 Å². The van der Waals surface area contributed by atoms with Crippen molar-refractivity contribution < 1.29 is 4.39 Å². The molecule has 1 heterocycles. The summed E-state index contributed by atoms with van der Waals surface area (Å²) in [7, 11) is 0. The molecule has 3 nitrogen and oxygen atoms in total. The lowest BCUT2D eigenvalue weighted by Gasteiger charge is -2.25. The summed E-state index contributed by atoms with van der Waals surface area (Å²) in [4.78, 5) is 0. The van der Waals surface area contributed by atoms with E-state index in [4.69, 9.17) is 5.73 Å². The molecule has 2 rings (SSSR count). The number of aromatic nitrogens is 2. The van der Waals surface area contributed by atoms with Gasteiger partial charge in [0.2, 0.25) is 0 Å². The van der Waals surface area contributed by atoms with Gasteiger partial charge in [-0.15, -0.1) is 0 Å². The van der Waals surface area contributed by atoms with Crippen LogP contribution < -0.4 is 5.73 Å². The van der Waals surface area contributed by atoms with Gasteiger partial charge in [0.05, 0.1) is 11.7 Å². The molecule has 0 fully saturated rings. The molecule has 0 saturated heterocycles. The van der Waals surface area contributed by atoms with Crippen LogP contribution in [0.25, 0.3) is 0 Å². The monoisotopic (exact) mass is 275 g/mol. The van der Waals surface area contributed by atoms with Crippen LogP contribution in [0, 0.1) is 26.6 Å². The first-order valence-electron chi connectivity index (χ1n) is 6.99. The molecule has 0 spiro atoms. The van der Waals surface area contributed by atoms with Crippen LogP contribution in [0.15, 0.2) is 24.3 Å². The number of nitrogens with zero attached hydrogens (tertiary/aromatic N) is 2. The number of hydrogen-bond donors (Lipinski definition) is 1. The zero-order valence-corrected chi connectivity index (χ0v) is 12.5. The minimum Gasteiger partial charge on any atom is -0.326 e. The summed E-state index contributed by atoms with van der Waals surface area (Å²) in [6.07, 6.45) is 0.804. The Morgan fingerprint density at radius 3 is 2.50 bits per heavy atom. The third-order valence-electron chi connectivity index (χ3n) is 4.02. The van der Waals surface area contributed by atoms with Crippen molar-refractivity contribution in [2.45, 2.75) is 46.2 Å². The van der Waals surface area contributed by atoms with Crippen LogP contribution in [0.5, 0.6) is 0 Å². The molecule has 0 aliphatic heterocycles. The van der Waals surface area contributed by atoms with Crippen molar-refractivity contribution in [2.75, 3.05) is 0 Å². The second-order valence-corrected chi connectivity index (χ2v) is 5.31. The van der Waals surface area contributed by atoms with Crippen molar-refractivity contribution in [1.82, 2.24) is 9.78 Å². The summed E-state index contributed by atoms with van der Waals surface area (Å²) in [6, 6.07) is 6.39. The molecule has 0 aliphatic rings. The molecular weight excluding hydrogens is 253 g/mol. The van der Waals surface area contributed by atoms with Crippen molar-refractivity contribution >= 4 is 0 Å². The average Bonchev–Trinajstić information content (AvgIpc) is 2.67. The highest BCUT2D eigenvalue weighted by atomic mass is 19.1. The van der Waals surface area contributed by atoms with Gasteiger partial charge < -0.3 is 5.73 Å². The zero-order valence-electron chi connectivity index (χ0n) is 12.5. The number of hydrogen-bond acceptors (Lipinski definition) is 2. The minimum absolute atomic E-state index is 0.103. The summed E-state index contributed by atoms with van der Waals surface area (Å²) < 4.78 is 15.5. The highest BCUT2D eigenvalue weighted by Crippen LogP contribution is 2.26. The molecule has 108 valence electrons. The first-order chi connectivity index (χ1) is 9.45. The minimum atomic E-state index is -0.242. The molecule has 1 aromatic carbocycles. The van der Waals surface area contributed by atoms with E-state index in [1.807, 2.05) is 38.4 Å². The lowest BCUT2D eigenvalue weighted by molar-refractivity contribution is 0.413. The molecule has 0 amide bonds. The molecule has 2 aromatic rings. The van der Waals surface area contributed by atoms with Crippen LogP contribution in [0.3, 0.4) is 0 Å². The largest absolute Gasteiger partial charge is 0.326 e. The van der Waals surface area contributed by atoms with Crippen LogP contribution in [0.1, 0.15) is 41.9 Å². The van der Waals surface area contributed by atoms with Crippen molar-refractivity contribution in [3.63, 3.8) is 0 Å². The molecule has 2 unspecified atom stereocenters. The molecule has 0 saturated carbocycles. The van der Waals surface area contributed by atoms with E-state index >= 15 is 0 Å². The van der Waals surface area contributed by atoms with Gasteiger partial charge in [-0.25, -0.2) is 4.39 Å². The van der Waals surface area contributed by atoms with E-state index < -0.39 is 0 Å². The van der Waals surface area contributed by atoms with E-state index in [0.717, 1.165) is 28.9 Å².